The van der Waals surface area contributed by atoms with Crippen LogP contribution in [0, 0.1) is 13.8 Å². The van der Waals surface area contributed by atoms with Gasteiger partial charge < -0.3 is 19.1 Å². The number of carbonyl (C=O) groups is 2. The van der Waals surface area contributed by atoms with Gasteiger partial charge in [-0.2, -0.15) is 0 Å². The fourth-order valence-corrected chi connectivity index (χ4v) is 3.34. The molecule has 0 aromatic rings. The van der Waals surface area contributed by atoms with E-state index < -0.39 is 12.3 Å². The Kier molecular flexibility index (Phi) is 13.0. The number of hydrogen-bond donors (Lipinski definition) is 0. The zero-order chi connectivity index (χ0) is 20.8. The summed E-state index contributed by atoms with van der Waals surface area (Å²) in [5.41, 5.74) is 0. The summed E-state index contributed by atoms with van der Waals surface area (Å²) in [5, 5.41) is 0. The van der Waals surface area contributed by atoms with Gasteiger partial charge in [0.2, 0.25) is 0 Å². The lowest BCUT2D eigenvalue weighted by atomic mass is 10.0. The Hall–Kier alpha value is -1.30. The molecule has 1 aliphatic rings. The lowest BCUT2D eigenvalue weighted by Gasteiger charge is -2.28. The van der Waals surface area contributed by atoms with Crippen molar-refractivity contribution in [3.8, 4) is 0 Å². The van der Waals surface area contributed by atoms with Gasteiger partial charge in [-0.25, -0.2) is 4.79 Å². The van der Waals surface area contributed by atoms with Crippen molar-refractivity contribution in [3.05, 3.63) is 13.8 Å². The van der Waals surface area contributed by atoms with Crippen molar-refractivity contribution in [1.82, 2.24) is 4.90 Å². The monoisotopic (exact) mass is 397 g/mol. The number of carbonyl (C=O) groups excluding carboxylic acids is 2. The van der Waals surface area contributed by atoms with E-state index in [-0.39, 0.29) is 24.6 Å². The Balaban J connectivity index is 2.39. The number of hydrogen-bond acceptors (Lipinski definition) is 6. The van der Waals surface area contributed by atoms with Gasteiger partial charge in [-0.3, -0.25) is 4.79 Å². The summed E-state index contributed by atoms with van der Waals surface area (Å²) in [6.45, 7) is 11.1. The van der Waals surface area contributed by atoms with Crippen molar-refractivity contribution in [2.45, 2.75) is 95.9 Å². The Labute approximate surface area is 171 Å². The first-order valence-corrected chi connectivity index (χ1v) is 10.8. The number of ether oxygens (including phenoxy) is 3. The minimum atomic E-state index is -0.625. The lowest BCUT2D eigenvalue weighted by Crippen LogP contribution is -2.36. The van der Waals surface area contributed by atoms with Gasteiger partial charge in [-0.05, 0) is 53.0 Å². The van der Waals surface area contributed by atoms with Gasteiger partial charge in [-0.15, -0.1) is 0 Å². The standard InChI is InChI=1S/C22H39NO5/c1-5-6-7-8-9-10-11-19(12-13-21(24)26-18(2)3)27-22(25)28-20-14-16-23(4)17-15-20/h18-20H,2-3,5-17H2,1,4H3. The van der Waals surface area contributed by atoms with Gasteiger partial charge in [0.05, 0.1) is 0 Å². The number of esters is 1. The molecule has 0 aromatic carbocycles. The summed E-state index contributed by atoms with van der Waals surface area (Å²) in [6.07, 6.45) is 8.33. The van der Waals surface area contributed by atoms with Crippen LogP contribution in [0.3, 0.4) is 0 Å². The van der Waals surface area contributed by atoms with E-state index in [0.717, 1.165) is 45.2 Å². The van der Waals surface area contributed by atoms with Crippen LogP contribution in [0.15, 0.2) is 0 Å². The van der Waals surface area contributed by atoms with E-state index in [0.29, 0.717) is 6.42 Å². The number of rotatable bonds is 13. The molecule has 6 nitrogen and oxygen atoms in total. The van der Waals surface area contributed by atoms with Crippen molar-refractivity contribution in [2.75, 3.05) is 20.1 Å². The topological polar surface area (TPSA) is 65.1 Å². The molecule has 1 unspecified atom stereocenters. The predicted octanol–water partition coefficient (Wildman–Crippen LogP) is 4.71. The zero-order valence-corrected chi connectivity index (χ0v) is 17.8. The van der Waals surface area contributed by atoms with Crippen LogP contribution in [0.5, 0.6) is 0 Å². The van der Waals surface area contributed by atoms with Gasteiger partial charge in [0.1, 0.15) is 18.3 Å². The second kappa shape index (κ2) is 14.7. The minimum absolute atomic E-state index is 0.0820. The van der Waals surface area contributed by atoms with Crippen LogP contribution in [0.25, 0.3) is 0 Å². The molecule has 1 rings (SSSR count). The zero-order valence-electron chi connectivity index (χ0n) is 17.8. The first-order chi connectivity index (χ1) is 13.4. The molecule has 0 amide bonds. The highest BCUT2D eigenvalue weighted by Crippen LogP contribution is 2.18. The highest BCUT2D eigenvalue weighted by atomic mass is 16.7. The molecule has 1 fully saturated rings. The molecular weight excluding hydrogens is 358 g/mol. The molecule has 0 bridgehead atoms. The molecule has 0 aliphatic carbocycles. The van der Waals surface area contributed by atoms with E-state index in [4.69, 9.17) is 14.2 Å². The van der Waals surface area contributed by atoms with Crippen molar-refractivity contribution in [3.63, 3.8) is 0 Å². The van der Waals surface area contributed by atoms with Crippen LogP contribution in [0.4, 0.5) is 4.79 Å². The molecule has 0 spiro atoms. The van der Waals surface area contributed by atoms with Crippen LogP contribution in [0.1, 0.15) is 77.6 Å². The summed E-state index contributed by atoms with van der Waals surface area (Å²) in [4.78, 5) is 26.2. The third-order valence-electron chi connectivity index (χ3n) is 5.04. The van der Waals surface area contributed by atoms with E-state index in [9.17, 15) is 9.59 Å². The molecule has 1 heterocycles. The lowest BCUT2D eigenvalue weighted by molar-refractivity contribution is -0.146. The Bertz CT molecular complexity index is 433. The smallest absolute Gasteiger partial charge is 0.462 e. The summed E-state index contributed by atoms with van der Waals surface area (Å²) in [6, 6.07) is 0. The van der Waals surface area contributed by atoms with Gasteiger partial charge in [0.25, 0.3) is 0 Å². The van der Waals surface area contributed by atoms with Crippen LogP contribution in [-0.4, -0.2) is 55.5 Å². The molecular formula is C22H39NO5. The maximum Gasteiger partial charge on any atom is 0.508 e. The number of unbranched alkanes of at least 4 members (excludes halogenated alkanes) is 5. The van der Waals surface area contributed by atoms with Crippen LogP contribution in [0.2, 0.25) is 0 Å². The highest BCUT2D eigenvalue weighted by Gasteiger charge is 2.23. The Morgan fingerprint density at radius 1 is 1.00 bits per heavy atom. The highest BCUT2D eigenvalue weighted by molar-refractivity contribution is 5.69. The number of likely N-dealkylation sites (tertiary alicyclic amines) is 1. The molecule has 28 heavy (non-hydrogen) atoms. The minimum Gasteiger partial charge on any atom is -0.462 e. The fourth-order valence-electron chi connectivity index (χ4n) is 3.34. The third kappa shape index (κ3) is 12.2. The molecule has 0 aromatic heterocycles. The molecule has 6 heteroatoms. The summed E-state index contributed by atoms with van der Waals surface area (Å²) < 4.78 is 16.0. The second-order valence-corrected chi connectivity index (χ2v) is 7.82. The maximum atomic E-state index is 12.2. The van der Waals surface area contributed by atoms with Crippen LogP contribution < -0.4 is 0 Å². The Morgan fingerprint density at radius 3 is 2.29 bits per heavy atom. The molecule has 1 aliphatic heterocycles. The number of nitrogens with zero attached hydrogens (tertiary/aromatic N) is 1. The quantitative estimate of drug-likeness (QED) is 0.331. The Morgan fingerprint density at radius 2 is 1.64 bits per heavy atom. The van der Waals surface area contributed by atoms with Crippen LogP contribution >= 0.6 is 0 Å². The van der Waals surface area contributed by atoms with E-state index in [1.807, 2.05) is 0 Å². The number of piperidine rings is 1. The van der Waals surface area contributed by atoms with Gasteiger partial charge in [0.15, 0.2) is 0 Å². The predicted molar refractivity (Wildman–Crippen MR) is 110 cm³/mol. The third-order valence-corrected chi connectivity index (χ3v) is 5.04. The first kappa shape index (κ1) is 24.7. The van der Waals surface area contributed by atoms with Gasteiger partial charge >= 0.3 is 12.1 Å². The second-order valence-electron chi connectivity index (χ2n) is 7.82. The average molecular weight is 398 g/mol. The maximum absolute atomic E-state index is 12.2. The van der Waals surface area contributed by atoms with Crippen molar-refractivity contribution < 1.29 is 23.8 Å². The van der Waals surface area contributed by atoms with E-state index in [1.165, 1.54) is 25.7 Å². The average Bonchev–Trinajstić information content (AvgIpc) is 2.63. The summed E-state index contributed by atoms with van der Waals surface area (Å²) >= 11 is 0. The molecule has 0 N–H and O–H groups in total. The van der Waals surface area contributed by atoms with E-state index in [1.54, 1.807) is 0 Å². The fraction of sp³-hybridized carbons (Fsp3) is 0.818. The van der Waals surface area contributed by atoms with Gasteiger partial charge in [0, 0.05) is 19.5 Å². The molecule has 162 valence electrons. The summed E-state index contributed by atoms with van der Waals surface area (Å²) in [5.74, 6) is -0.366. The van der Waals surface area contributed by atoms with Crippen LogP contribution in [-0.2, 0) is 19.0 Å². The molecule has 1 atom stereocenters. The van der Waals surface area contributed by atoms with Crippen molar-refractivity contribution in [2.24, 2.45) is 0 Å². The van der Waals surface area contributed by atoms with Gasteiger partial charge in [-0.1, -0.05) is 39.0 Å². The van der Waals surface area contributed by atoms with E-state index in [2.05, 4.69) is 32.7 Å². The van der Waals surface area contributed by atoms with Crippen molar-refractivity contribution in [1.29, 1.82) is 0 Å². The largest absolute Gasteiger partial charge is 0.508 e. The van der Waals surface area contributed by atoms with Crippen molar-refractivity contribution >= 4 is 12.1 Å². The van der Waals surface area contributed by atoms with E-state index >= 15 is 0 Å². The SMILES string of the molecule is [CH2]C([CH2])OC(=O)CCC(CCCCCCCC)OC(=O)OC1CCN(C)CC1. The first-order valence-electron chi connectivity index (χ1n) is 10.8. The summed E-state index contributed by atoms with van der Waals surface area (Å²) in [7, 11) is 2.06. The molecule has 0 saturated carbocycles. The molecule has 1 saturated heterocycles. The molecule has 2 radical (unpaired) electrons. The normalized spacial score (nSPS) is 16.8.